The van der Waals surface area contributed by atoms with Crippen LogP contribution in [0.15, 0.2) is 5.03 Å². The monoisotopic (exact) mass is 180 g/mol. The minimum absolute atomic E-state index is 0.246. The largest absolute Gasteiger partial charge is 0.271 e. The molecule has 0 N–H and O–H groups in total. The van der Waals surface area contributed by atoms with E-state index in [1.807, 2.05) is 0 Å². The molecule has 0 unspecified atom stereocenters. The van der Waals surface area contributed by atoms with Crippen LogP contribution in [0.5, 0.6) is 0 Å². The van der Waals surface area contributed by atoms with Crippen molar-refractivity contribution >= 4 is 11.8 Å². The maximum Gasteiger partial charge on any atom is 0.271 e. The number of thioether (sulfide) groups is 1. The molecule has 60 valence electrons. The molecule has 0 radical (unpaired) electrons. The second kappa shape index (κ2) is 3.08. The molecule has 0 saturated carbocycles. The van der Waals surface area contributed by atoms with Crippen molar-refractivity contribution < 1.29 is 13.2 Å². The van der Waals surface area contributed by atoms with Crippen LogP contribution >= 0.6 is 11.8 Å². The molecule has 11 heavy (non-hydrogen) atoms. The molecular weight excluding hydrogens is 177 g/mol. The first kappa shape index (κ1) is 8.32. The van der Waals surface area contributed by atoms with Crippen LogP contribution < -0.4 is 0 Å². The number of nitrogens with zero attached hydrogens (tertiary/aromatic N) is 2. The molecule has 0 aliphatic rings. The molecule has 6 heteroatoms. The van der Waals surface area contributed by atoms with E-state index in [-0.39, 0.29) is 5.03 Å². The van der Waals surface area contributed by atoms with Gasteiger partial charge in [-0.05, 0) is 6.26 Å². The third kappa shape index (κ3) is 1.45. The van der Waals surface area contributed by atoms with Gasteiger partial charge in [-0.3, -0.25) is 0 Å². The van der Waals surface area contributed by atoms with E-state index in [0.29, 0.717) is 0 Å². The summed E-state index contributed by atoms with van der Waals surface area (Å²) in [5, 5.41) is 5.59. The standard InChI is InChI=1S/C5H3F3N2S/c1-11-5-3(7)2(6)4(8)9-10-5/h1H3. The zero-order valence-corrected chi connectivity index (χ0v) is 6.25. The lowest BCUT2D eigenvalue weighted by atomic mass is 10.5. The lowest BCUT2D eigenvalue weighted by molar-refractivity contribution is 0.395. The normalized spacial score (nSPS) is 10.2. The fraction of sp³-hybridized carbons (Fsp3) is 0.200. The van der Waals surface area contributed by atoms with Crippen LogP contribution in [0.25, 0.3) is 0 Å². The Morgan fingerprint density at radius 1 is 1.09 bits per heavy atom. The molecule has 0 aliphatic heterocycles. The summed E-state index contributed by atoms with van der Waals surface area (Å²) in [6.45, 7) is 0. The zero-order valence-electron chi connectivity index (χ0n) is 5.44. The highest BCUT2D eigenvalue weighted by molar-refractivity contribution is 7.98. The highest BCUT2D eigenvalue weighted by Crippen LogP contribution is 2.17. The van der Waals surface area contributed by atoms with Crippen LogP contribution in [-0.2, 0) is 0 Å². The van der Waals surface area contributed by atoms with E-state index in [1.54, 1.807) is 0 Å². The topological polar surface area (TPSA) is 25.8 Å². The van der Waals surface area contributed by atoms with Crippen molar-refractivity contribution in [3.05, 3.63) is 17.6 Å². The SMILES string of the molecule is CSc1nnc(F)c(F)c1F. The second-order valence-corrected chi connectivity index (χ2v) is 2.42. The number of hydrogen-bond donors (Lipinski definition) is 0. The summed E-state index contributed by atoms with van der Waals surface area (Å²) in [6, 6.07) is 0. The Labute approximate surface area is 64.8 Å². The highest BCUT2D eigenvalue weighted by Gasteiger charge is 2.15. The Morgan fingerprint density at radius 2 is 1.73 bits per heavy atom. The van der Waals surface area contributed by atoms with Crippen molar-refractivity contribution in [1.29, 1.82) is 0 Å². The third-order valence-electron chi connectivity index (χ3n) is 0.984. The summed E-state index contributed by atoms with van der Waals surface area (Å²) >= 11 is 0.863. The van der Waals surface area contributed by atoms with Crippen molar-refractivity contribution in [3.63, 3.8) is 0 Å². The molecule has 1 aromatic heterocycles. The summed E-state index contributed by atoms with van der Waals surface area (Å²) in [5.74, 6) is -4.38. The maximum absolute atomic E-state index is 12.5. The van der Waals surface area contributed by atoms with Crippen molar-refractivity contribution in [1.82, 2.24) is 10.2 Å². The summed E-state index contributed by atoms with van der Waals surface area (Å²) in [7, 11) is 0. The quantitative estimate of drug-likeness (QED) is 0.614. The minimum atomic E-state index is -1.58. The van der Waals surface area contributed by atoms with Crippen molar-refractivity contribution in [3.8, 4) is 0 Å². The molecule has 0 saturated heterocycles. The zero-order chi connectivity index (χ0) is 8.43. The number of hydrogen-bond acceptors (Lipinski definition) is 3. The summed E-state index contributed by atoms with van der Waals surface area (Å²) < 4.78 is 36.9. The number of halogens is 3. The molecule has 1 aromatic rings. The van der Waals surface area contributed by atoms with Gasteiger partial charge in [-0.25, -0.2) is 4.39 Å². The second-order valence-electron chi connectivity index (χ2n) is 1.63. The number of aromatic nitrogens is 2. The van der Waals surface area contributed by atoms with Crippen LogP contribution in [0.1, 0.15) is 0 Å². The molecule has 0 fully saturated rings. The van der Waals surface area contributed by atoms with Gasteiger partial charge in [-0.15, -0.1) is 22.0 Å². The van der Waals surface area contributed by atoms with E-state index in [4.69, 9.17) is 0 Å². The predicted octanol–water partition coefficient (Wildman–Crippen LogP) is 1.62. The Balaban J connectivity index is 3.25. The van der Waals surface area contributed by atoms with Gasteiger partial charge in [0.2, 0.25) is 5.82 Å². The summed E-state index contributed by atoms with van der Waals surface area (Å²) in [4.78, 5) is 0. The molecule has 1 heterocycles. The Kier molecular flexibility index (Phi) is 2.33. The lowest BCUT2D eigenvalue weighted by Gasteiger charge is -1.96. The van der Waals surface area contributed by atoms with Crippen molar-refractivity contribution in [2.24, 2.45) is 0 Å². The smallest absolute Gasteiger partial charge is 0.200 e. The average molecular weight is 180 g/mol. The average Bonchev–Trinajstić information content (AvgIpc) is 2.01. The number of rotatable bonds is 1. The Hall–Kier alpha value is -0.780. The Morgan fingerprint density at radius 3 is 2.27 bits per heavy atom. The van der Waals surface area contributed by atoms with Gasteiger partial charge in [0.05, 0.1) is 0 Å². The van der Waals surface area contributed by atoms with E-state index >= 15 is 0 Å². The fourth-order valence-corrected chi connectivity index (χ4v) is 0.883. The molecule has 0 aliphatic carbocycles. The first-order valence-corrected chi connectivity index (χ1v) is 3.80. The van der Waals surface area contributed by atoms with Crippen LogP contribution in [0, 0.1) is 17.6 Å². The molecule has 0 atom stereocenters. The predicted molar refractivity (Wildman–Crippen MR) is 33.7 cm³/mol. The molecule has 2 nitrogen and oxygen atoms in total. The van der Waals surface area contributed by atoms with Crippen molar-refractivity contribution in [2.45, 2.75) is 5.03 Å². The van der Waals surface area contributed by atoms with Gasteiger partial charge in [0.15, 0.2) is 10.8 Å². The van der Waals surface area contributed by atoms with Gasteiger partial charge in [-0.2, -0.15) is 8.78 Å². The van der Waals surface area contributed by atoms with Gasteiger partial charge in [0.1, 0.15) is 0 Å². The third-order valence-corrected chi connectivity index (χ3v) is 1.63. The van der Waals surface area contributed by atoms with E-state index in [0.717, 1.165) is 11.8 Å². The molecule has 0 aromatic carbocycles. The van der Waals surface area contributed by atoms with Crippen LogP contribution in [0.3, 0.4) is 0 Å². The van der Waals surface area contributed by atoms with Crippen LogP contribution in [0.4, 0.5) is 13.2 Å². The first-order valence-electron chi connectivity index (χ1n) is 2.58. The fourth-order valence-electron chi connectivity index (χ4n) is 0.492. The highest BCUT2D eigenvalue weighted by atomic mass is 32.2. The van der Waals surface area contributed by atoms with E-state index in [9.17, 15) is 13.2 Å². The summed E-state index contributed by atoms with van der Waals surface area (Å²) in [6.07, 6.45) is 1.49. The minimum Gasteiger partial charge on any atom is -0.200 e. The Bertz CT molecular complexity index is 279. The summed E-state index contributed by atoms with van der Waals surface area (Å²) in [5.41, 5.74) is 0. The maximum atomic E-state index is 12.5. The van der Waals surface area contributed by atoms with Crippen LogP contribution in [0.2, 0.25) is 0 Å². The first-order chi connectivity index (χ1) is 5.16. The van der Waals surface area contributed by atoms with Crippen molar-refractivity contribution in [2.75, 3.05) is 6.26 Å². The van der Waals surface area contributed by atoms with Gasteiger partial charge in [0, 0.05) is 0 Å². The van der Waals surface area contributed by atoms with Gasteiger partial charge in [0.25, 0.3) is 5.95 Å². The molecule has 0 amide bonds. The van der Waals surface area contributed by atoms with E-state index in [2.05, 4.69) is 10.2 Å². The van der Waals surface area contributed by atoms with E-state index in [1.165, 1.54) is 6.26 Å². The van der Waals surface area contributed by atoms with Gasteiger partial charge in [-0.1, -0.05) is 0 Å². The van der Waals surface area contributed by atoms with Gasteiger partial charge >= 0.3 is 0 Å². The van der Waals surface area contributed by atoms with Gasteiger partial charge < -0.3 is 0 Å². The molecular formula is C5H3F3N2S. The van der Waals surface area contributed by atoms with E-state index < -0.39 is 17.6 Å². The lowest BCUT2D eigenvalue weighted by Crippen LogP contribution is -2.00. The van der Waals surface area contributed by atoms with Crippen LogP contribution in [-0.4, -0.2) is 16.5 Å². The molecule has 0 bridgehead atoms. The molecule has 0 spiro atoms. The molecule has 1 rings (SSSR count).